The molecule has 2 amide bonds. The van der Waals surface area contributed by atoms with Crippen molar-refractivity contribution in [3.63, 3.8) is 0 Å². The van der Waals surface area contributed by atoms with Gasteiger partial charge in [-0.05, 0) is 54.8 Å². The molecule has 0 saturated heterocycles. The molecule has 5 nitrogen and oxygen atoms in total. The van der Waals surface area contributed by atoms with Crippen molar-refractivity contribution in [1.82, 2.24) is 0 Å². The predicted molar refractivity (Wildman–Crippen MR) is 118 cm³/mol. The summed E-state index contributed by atoms with van der Waals surface area (Å²) < 4.78 is 5.40. The minimum atomic E-state index is -0.415. The summed E-state index contributed by atoms with van der Waals surface area (Å²) in [6.45, 7) is 4.00. The number of ether oxygens (including phenoxy) is 1. The third-order valence-corrected chi connectivity index (χ3v) is 5.25. The summed E-state index contributed by atoms with van der Waals surface area (Å²) in [7, 11) is 1.52. The van der Waals surface area contributed by atoms with Crippen molar-refractivity contribution < 1.29 is 14.3 Å². The van der Waals surface area contributed by atoms with E-state index in [0.29, 0.717) is 22.6 Å². The Morgan fingerprint density at radius 3 is 2.20 bits per heavy atom. The normalized spacial score (nSPS) is 13.8. The average molecular weight is 398 g/mol. The zero-order chi connectivity index (χ0) is 21.3. The van der Waals surface area contributed by atoms with Crippen LogP contribution in [-0.2, 0) is 9.59 Å². The second-order valence-electron chi connectivity index (χ2n) is 7.16. The molecule has 4 rings (SSSR count). The van der Waals surface area contributed by atoms with Gasteiger partial charge in [0.25, 0.3) is 11.8 Å². The predicted octanol–water partition coefficient (Wildman–Crippen LogP) is 4.71. The number of hydrogen-bond donors (Lipinski definition) is 1. The largest absolute Gasteiger partial charge is 0.495 e. The topological polar surface area (TPSA) is 58.6 Å². The van der Waals surface area contributed by atoms with Gasteiger partial charge in [0.15, 0.2) is 0 Å². The third kappa shape index (κ3) is 3.35. The number of anilines is 2. The van der Waals surface area contributed by atoms with E-state index < -0.39 is 5.91 Å². The van der Waals surface area contributed by atoms with Crippen molar-refractivity contribution in [2.75, 3.05) is 17.3 Å². The van der Waals surface area contributed by atoms with E-state index in [0.717, 1.165) is 16.8 Å². The Morgan fingerprint density at radius 2 is 1.50 bits per heavy atom. The summed E-state index contributed by atoms with van der Waals surface area (Å²) in [5.74, 6) is -0.340. The smallest absolute Gasteiger partial charge is 0.282 e. The molecule has 1 aliphatic rings. The fourth-order valence-corrected chi connectivity index (χ4v) is 3.51. The van der Waals surface area contributed by atoms with E-state index in [1.807, 2.05) is 62.4 Å². The highest BCUT2D eigenvalue weighted by atomic mass is 16.5. The molecule has 0 aliphatic carbocycles. The van der Waals surface area contributed by atoms with Crippen molar-refractivity contribution in [3.8, 4) is 5.75 Å². The first-order valence-corrected chi connectivity index (χ1v) is 9.67. The number of hydrogen-bond acceptors (Lipinski definition) is 4. The number of nitrogens with zero attached hydrogens (tertiary/aromatic N) is 1. The molecule has 1 heterocycles. The van der Waals surface area contributed by atoms with Crippen LogP contribution >= 0.6 is 0 Å². The highest BCUT2D eigenvalue weighted by Crippen LogP contribution is 2.38. The summed E-state index contributed by atoms with van der Waals surface area (Å²) in [5.41, 5.74) is 4.62. The molecule has 1 N–H and O–H groups in total. The van der Waals surface area contributed by atoms with E-state index in [1.165, 1.54) is 12.0 Å². The number of benzene rings is 3. The Labute approximate surface area is 175 Å². The molecule has 5 heteroatoms. The summed E-state index contributed by atoms with van der Waals surface area (Å²) in [4.78, 5) is 28.2. The van der Waals surface area contributed by atoms with Crippen LogP contribution in [0.25, 0.3) is 5.57 Å². The van der Waals surface area contributed by atoms with Gasteiger partial charge in [-0.1, -0.05) is 48.5 Å². The Morgan fingerprint density at radius 1 is 0.800 bits per heavy atom. The van der Waals surface area contributed by atoms with Crippen LogP contribution < -0.4 is 15.0 Å². The van der Waals surface area contributed by atoms with Crippen LogP contribution in [0.2, 0.25) is 0 Å². The minimum Gasteiger partial charge on any atom is -0.495 e. The van der Waals surface area contributed by atoms with Crippen LogP contribution in [0, 0.1) is 13.8 Å². The fraction of sp³-hybridized carbons (Fsp3) is 0.120. The number of imide groups is 1. The van der Waals surface area contributed by atoms with Gasteiger partial charge >= 0.3 is 0 Å². The third-order valence-electron chi connectivity index (χ3n) is 5.25. The molecule has 0 saturated carbocycles. The molecule has 0 atom stereocenters. The summed E-state index contributed by atoms with van der Waals surface area (Å²) in [6.07, 6.45) is 0. The maximum absolute atomic E-state index is 13.5. The monoisotopic (exact) mass is 398 g/mol. The SMILES string of the molecule is COc1ccccc1N1C(=O)C(Nc2ccccc2)=C(c2ccc(C)c(C)c2)C1=O. The molecule has 0 fully saturated rings. The Balaban J connectivity index is 1.87. The minimum absolute atomic E-state index is 0.250. The van der Waals surface area contributed by atoms with Crippen molar-refractivity contribution in [2.24, 2.45) is 0 Å². The zero-order valence-corrected chi connectivity index (χ0v) is 17.1. The standard InChI is InChI=1S/C25H22N2O3/c1-16-13-14-18(15-17(16)2)22-23(26-19-9-5-4-6-10-19)25(29)27(24(22)28)20-11-7-8-12-21(20)30-3/h4-15,26H,1-3H3. The molecule has 0 bridgehead atoms. The van der Waals surface area contributed by atoms with Gasteiger partial charge in [0.1, 0.15) is 11.4 Å². The fourth-order valence-electron chi connectivity index (χ4n) is 3.51. The van der Waals surface area contributed by atoms with Gasteiger partial charge in [-0.3, -0.25) is 9.59 Å². The molecule has 3 aromatic rings. The number of rotatable bonds is 5. The molecule has 30 heavy (non-hydrogen) atoms. The Bertz CT molecular complexity index is 1170. The van der Waals surface area contributed by atoms with Gasteiger partial charge in [0.2, 0.25) is 0 Å². The number of methoxy groups -OCH3 is 1. The maximum atomic E-state index is 13.5. The number of carbonyl (C=O) groups is 2. The molecular weight excluding hydrogens is 376 g/mol. The molecular formula is C25H22N2O3. The maximum Gasteiger partial charge on any atom is 0.282 e. The van der Waals surface area contributed by atoms with Crippen molar-refractivity contribution >= 4 is 28.8 Å². The zero-order valence-electron chi connectivity index (χ0n) is 17.1. The van der Waals surface area contributed by atoms with Crippen LogP contribution in [0.5, 0.6) is 5.75 Å². The van der Waals surface area contributed by atoms with E-state index in [4.69, 9.17) is 4.74 Å². The number of para-hydroxylation sites is 3. The van der Waals surface area contributed by atoms with Crippen LogP contribution in [0.15, 0.2) is 78.5 Å². The summed E-state index contributed by atoms with van der Waals surface area (Å²) >= 11 is 0. The molecule has 0 radical (unpaired) electrons. The summed E-state index contributed by atoms with van der Waals surface area (Å²) in [5, 5.41) is 3.17. The molecule has 0 spiro atoms. The van der Waals surface area contributed by atoms with E-state index in [2.05, 4.69) is 5.32 Å². The number of carbonyl (C=O) groups excluding carboxylic acids is 2. The van der Waals surface area contributed by atoms with E-state index in [-0.39, 0.29) is 11.6 Å². The van der Waals surface area contributed by atoms with Gasteiger partial charge in [0, 0.05) is 5.69 Å². The van der Waals surface area contributed by atoms with Gasteiger partial charge in [-0.15, -0.1) is 0 Å². The first-order chi connectivity index (χ1) is 14.5. The first-order valence-electron chi connectivity index (χ1n) is 9.67. The molecule has 0 aromatic heterocycles. The number of aryl methyl sites for hydroxylation is 2. The lowest BCUT2D eigenvalue weighted by atomic mass is 9.99. The van der Waals surface area contributed by atoms with Crippen LogP contribution in [0.1, 0.15) is 16.7 Å². The van der Waals surface area contributed by atoms with Crippen molar-refractivity contribution in [1.29, 1.82) is 0 Å². The summed E-state index contributed by atoms with van der Waals surface area (Å²) in [6, 6.07) is 22.1. The lowest BCUT2D eigenvalue weighted by Crippen LogP contribution is -2.32. The van der Waals surface area contributed by atoms with Crippen molar-refractivity contribution in [3.05, 3.63) is 95.2 Å². The molecule has 0 unspecified atom stereocenters. The molecule has 1 aliphatic heterocycles. The number of nitrogens with one attached hydrogen (secondary N) is 1. The van der Waals surface area contributed by atoms with E-state index in [9.17, 15) is 9.59 Å². The van der Waals surface area contributed by atoms with Gasteiger partial charge in [0.05, 0.1) is 18.4 Å². The second-order valence-corrected chi connectivity index (χ2v) is 7.16. The number of amides is 2. The average Bonchev–Trinajstić information content (AvgIpc) is 3.00. The van der Waals surface area contributed by atoms with Crippen LogP contribution in [0.4, 0.5) is 11.4 Å². The highest BCUT2D eigenvalue weighted by Gasteiger charge is 2.41. The highest BCUT2D eigenvalue weighted by molar-refractivity contribution is 6.46. The lowest BCUT2D eigenvalue weighted by molar-refractivity contribution is -0.120. The van der Waals surface area contributed by atoms with Crippen LogP contribution in [0.3, 0.4) is 0 Å². The van der Waals surface area contributed by atoms with E-state index >= 15 is 0 Å². The van der Waals surface area contributed by atoms with Crippen LogP contribution in [-0.4, -0.2) is 18.9 Å². The van der Waals surface area contributed by atoms with Crippen molar-refractivity contribution in [2.45, 2.75) is 13.8 Å². The second kappa shape index (κ2) is 7.87. The molecule has 150 valence electrons. The Kier molecular flexibility index (Phi) is 5.11. The Hall–Kier alpha value is -3.86. The molecule has 3 aromatic carbocycles. The lowest BCUT2D eigenvalue weighted by Gasteiger charge is -2.18. The van der Waals surface area contributed by atoms with E-state index in [1.54, 1.807) is 24.3 Å². The van der Waals surface area contributed by atoms with Gasteiger partial charge in [-0.25, -0.2) is 4.90 Å². The van der Waals surface area contributed by atoms with Gasteiger partial charge in [-0.2, -0.15) is 0 Å². The quantitative estimate of drug-likeness (QED) is 0.633. The van der Waals surface area contributed by atoms with Gasteiger partial charge < -0.3 is 10.1 Å². The first kappa shape index (κ1) is 19.5.